The number of carbonyl (C=O) groups is 2. The van der Waals surface area contributed by atoms with Gasteiger partial charge in [-0.25, -0.2) is 4.98 Å². The lowest BCUT2D eigenvalue weighted by molar-refractivity contribution is -0.254. The average molecular weight is 324 g/mol. The Morgan fingerprint density at radius 2 is 2.19 bits per heavy atom. The van der Waals surface area contributed by atoms with Gasteiger partial charge < -0.3 is 15.2 Å². The van der Waals surface area contributed by atoms with E-state index in [1.807, 2.05) is 6.07 Å². The summed E-state index contributed by atoms with van der Waals surface area (Å²) >= 11 is 6.82. The molecule has 5 nitrogen and oxygen atoms in total. The van der Waals surface area contributed by atoms with E-state index in [-0.39, 0.29) is 17.2 Å². The number of halogens is 1. The lowest BCUT2D eigenvalue weighted by atomic mass is 10.2. The normalized spacial score (nSPS) is 10.4. The highest BCUT2D eigenvalue weighted by molar-refractivity contribution is 7.13. The smallest absolute Gasteiger partial charge is 0.227 e. The molecule has 7 heteroatoms. The number of hydrogen-bond acceptors (Lipinski definition) is 5. The number of carboxylic acids is 1. The third kappa shape index (κ3) is 4.27. The molecule has 1 amide bonds. The molecule has 0 saturated heterocycles. The van der Waals surface area contributed by atoms with Crippen molar-refractivity contribution in [1.82, 2.24) is 10.3 Å². The third-order valence-electron chi connectivity index (χ3n) is 2.72. The first-order valence-corrected chi connectivity index (χ1v) is 7.34. The third-order valence-corrected chi connectivity index (χ3v) is 4.09. The molecule has 1 aromatic carbocycles. The van der Waals surface area contributed by atoms with Crippen LogP contribution in [0.5, 0.6) is 0 Å². The molecule has 2 rings (SSSR count). The number of nitrogens with zero attached hydrogens (tertiary/aromatic N) is 1. The fourth-order valence-corrected chi connectivity index (χ4v) is 2.88. The molecule has 21 heavy (non-hydrogen) atoms. The van der Waals surface area contributed by atoms with Crippen molar-refractivity contribution in [1.29, 1.82) is 0 Å². The maximum Gasteiger partial charge on any atom is 0.227 e. The molecule has 1 heterocycles. The molecule has 0 spiro atoms. The van der Waals surface area contributed by atoms with Crippen LogP contribution in [0.4, 0.5) is 0 Å². The van der Waals surface area contributed by atoms with E-state index >= 15 is 0 Å². The minimum Gasteiger partial charge on any atom is -0.544 e. The van der Waals surface area contributed by atoms with Gasteiger partial charge in [-0.2, -0.15) is 0 Å². The summed E-state index contributed by atoms with van der Waals surface area (Å²) in [5.74, 6) is -1.50. The summed E-state index contributed by atoms with van der Waals surface area (Å²) in [5, 5.41) is 14.6. The molecule has 0 fully saturated rings. The number of hydrogen-bond donors (Lipinski definition) is 1. The molecule has 0 aliphatic carbocycles. The molecule has 0 atom stereocenters. The van der Waals surface area contributed by atoms with E-state index in [0.717, 1.165) is 16.9 Å². The van der Waals surface area contributed by atoms with E-state index in [2.05, 4.69) is 10.3 Å². The van der Waals surface area contributed by atoms with Crippen LogP contribution in [-0.2, 0) is 17.8 Å². The van der Waals surface area contributed by atoms with Crippen LogP contribution in [0.25, 0.3) is 0 Å². The largest absolute Gasteiger partial charge is 0.544 e. The van der Waals surface area contributed by atoms with Gasteiger partial charge >= 0.3 is 0 Å². The van der Waals surface area contributed by atoms with E-state index in [9.17, 15) is 14.7 Å². The number of aryl methyl sites for hydroxylation is 1. The monoisotopic (exact) mass is 323 g/mol. The number of benzene rings is 1. The molecular weight excluding hydrogens is 312 g/mol. The van der Waals surface area contributed by atoms with Gasteiger partial charge in [0.15, 0.2) is 0 Å². The van der Waals surface area contributed by atoms with Crippen LogP contribution in [-0.4, -0.2) is 16.9 Å². The highest BCUT2D eigenvalue weighted by Gasteiger charge is 2.11. The molecule has 1 aromatic heterocycles. The summed E-state index contributed by atoms with van der Waals surface area (Å²) in [6.07, 6.45) is 0.0410. The Labute approximate surface area is 130 Å². The zero-order valence-electron chi connectivity index (χ0n) is 11.2. The summed E-state index contributed by atoms with van der Waals surface area (Å²) in [4.78, 5) is 26.7. The molecule has 0 radical (unpaired) electrons. The SMILES string of the molecule is Cc1nc(CC(=O)NCc2cccc(Cl)c2)sc1C(=O)[O-]. The van der Waals surface area contributed by atoms with Gasteiger partial charge in [0.2, 0.25) is 5.91 Å². The van der Waals surface area contributed by atoms with Crippen LogP contribution >= 0.6 is 22.9 Å². The number of carboxylic acid groups (broad SMARTS) is 1. The number of aromatic nitrogens is 1. The Morgan fingerprint density at radius 1 is 1.43 bits per heavy atom. The summed E-state index contributed by atoms with van der Waals surface area (Å²) in [5.41, 5.74) is 1.26. The summed E-state index contributed by atoms with van der Waals surface area (Å²) in [6, 6.07) is 7.18. The number of thiazole rings is 1. The molecule has 0 bridgehead atoms. The van der Waals surface area contributed by atoms with Crippen molar-refractivity contribution in [3.05, 3.63) is 50.4 Å². The van der Waals surface area contributed by atoms with Gasteiger partial charge in [-0.05, 0) is 24.6 Å². The van der Waals surface area contributed by atoms with Crippen molar-refractivity contribution in [2.24, 2.45) is 0 Å². The van der Waals surface area contributed by atoms with Crippen molar-refractivity contribution in [3.63, 3.8) is 0 Å². The maximum atomic E-state index is 11.8. The molecule has 0 aliphatic rings. The second-order valence-corrected chi connectivity index (χ2v) is 5.91. The number of rotatable bonds is 5. The second kappa shape index (κ2) is 6.69. The highest BCUT2D eigenvalue weighted by Crippen LogP contribution is 2.17. The summed E-state index contributed by atoms with van der Waals surface area (Å²) in [7, 11) is 0. The number of aromatic carboxylic acids is 1. The molecular formula is C14H12ClN2O3S-. The zero-order chi connectivity index (χ0) is 15.4. The number of nitrogens with one attached hydrogen (secondary N) is 1. The average Bonchev–Trinajstić information content (AvgIpc) is 2.77. The van der Waals surface area contributed by atoms with Crippen LogP contribution in [0.1, 0.15) is 25.9 Å². The first-order chi connectivity index (χ1) is 9.95. The van der Waals surface area contributed by atoms with E-state index in [1.54, 1.807) is 25.1 Å². The van der Waals surface area contributed by atoms with Crippen LogP contribution in [0, 0.1) is 6.92 Å². The van der Waals surface area contributed by atoms with Gasteiger partial charge in [-0.15, -0.1) is 11.3 Å². The van der Waals surface area contributed by atoms with E-state index < -0.39 is 5.97 Å². The molecule has 110 valence electrons. The Balaban J connectivity index is 1.93. The second-order valence-electron chi connectivity index (χ2n) is 4.39. The highest BCUT2D eigenvalue weighted by atomic mass is 35.5. The van der Waals surface area contributed by atoms with Crippen molar-refractivity contribution in [2.75, 3.05) is 0 Å². The molecule has 0 unspecified atom stereocenters. The fraction of sp³-hybridized carbons (Fsp3) is 0.214. The van der Waals surface area contributed by atoms with Crippen molar-refractivity contribution >= 4 is 34.8 Å². The summed E-state index contributed by atoms with van der Waals surface area (Å²) < 4.78 is 0. The minimum atomic E-state index is -1.27. The summed E-state index contributed by atoms with van der Waals surface area (Å²) in [6.45, 7) is 1.94. The lowest BCUT2D eigenvalue weighted by Gasteiger charge is -2.04. The van der Waals surface area contributed by atoms with Gasteiger partial charge in [0, 0.05) is 11.6 Å². The Hall–Kier alpha value is -1.92. The molecule has 2 aromatic rings. The Morgan fingerprint density at radius 3 is 2.81 bits per heavy atom. The first kappa shape index (κ1) is 15.5. The predicted octanol–water partition coefficient (Wildman–Crippen LogP) is 1.33. The van der Waals surface area contributed by atoms with Crippen LogP contribution < -0.4 is 10.4 Å². The van der Waals surface area contributed by atoms with E-state index in [0.29, 0.717) is 22.3 Å². The van der Waals surface area contributed by atoms with Crippen molar-refractivity contribution < 1.29 is 14.7 Å². The molecule has 1 N–H and O–H groups in total. The predicted molar refractivity (Wildman–Crippen MR) is 78.2 cm³/mol. The van der Waals surface area contributed by atoms with Gasteiger partial charge in [-0.3, -0.25) is 4.79 Å². The van der Waals surface area contributed by atoms with E-state index in [1.165, 1.54) is 0 Å². The lowest BCUT2D eigenvalue weighted by Crippen LogP contribution is -2.24. The maximum absolute atomic E-state index is 11.8. The number of carbonyl (C=O) groups excluding carboxylic acids is 2. The topological polar surface area (TPSA) is 82.1 Å². The number of amides is 1. The van der Waals surface area contributed by atoms with Crippen LogP contribution in [0.15, 0.2) is 24.3 Å². The Kier molecular flexibility index (Phi) is 4.93. The zero-order valence-corrected chi connectivity index (χ0v) is 12.8. The van der Waals surface area contributed by atoms with Gasteiger partial charge in [-0.1, -0.05) is 23.7 Å². The first-order valence-electron chi connectivity index (χ1n) is 6.14. The van der Waals surface area contributed by atoms with E-state index in [4.69, 9.17) is 11.6 Å². The standard InChI is InChI=1S/C14H13ClN2O3S/c1-8-13(14(19)20)21-12(17-8)6-11(18)16-7-9-3-2-4-10(15)5-9/h2-5H,6-7H2,1H3,(H,16,18)(H,19,20)/p-1. The van der Waals surface area contributed by atoms with Crippen LogP contribution in [0.3, 0.4) is 0 Å². The van der Waals surface area contributed by atoms with Crippen molar-refractivity contribution in [3.8, 4) is 0 Å². The van der Waals surface area contributed by atoms with Gasteiger partial charge in [0.05, 0.1) is 23.0 Å². The van der Waals surface area contributed by atoms with Gasteiger partial charge in [0.1, 0.15) is 5.01 Å². The van der Waals surface area contributed by atoms with Crippen LogP contribution in [0.2, 0.25) is 5.02 Å². The molecule has 0 saturated carbocycles. The molecule has 0 aliphatic heterocycles. The minimum absolute atomic E-state index is 0.0410. The fourth-order valence-electron chi connectivity index (χ4n) is 1.76. The quantitative estimate of drug-likeness (QED) is 0.900. The van der Waals surface area contributed by atoms with Gasteiger partial charge in [0.25, 0.3) is 0 Å². The van der Waals surface area contributed by atoms with Crippen molar-refractivity contribution in [2.45, 2.75) is 19.9 Å². The Bertz CT molecular complexity index is 685.